The molecule has 1 amide bonds. The van der Waals surface area contributed by atoms with E-state index in [2.05, 4.69) is 10.6 Å². The summed E-state index contributed by atoms with van der Waals surface area (Å²) >= 11 is 12.2. The van der Waals surface area contributed by atoms with E-state index in [-0.39, 0.29) is 27.8 Å². The number of amides is 1. The van der Waals surface area contributed by atoms with E-state index in [4.69, 9.17) is 23.2 Å². The van der Waals surface area contributed by atoms with Crippen molar-refractivity contribution >= 4 is 46.5 Å². The van der Waals surface area contributed by atoms with Crippen LogP contribution in [0.1, 0.15) is 61.4 Å². The molecule has 0 aliphatic heterocycles. The van der Waals surface area contributed by atoms with Gasteiger partial charge in [0.2, 0.25) is 0 Å². The topological polar surface area (TPSA) is 95.5 Å². The molecule has 0 radical (unpaired) electrons. The Hall–Kier alpha value is -2.83. The van der Waals surface area contributed by atoms with Crippen LogP contribution in [0.15, 0.2) is 54.2 Å². The SMILES string of the molecule is CC[C@@](Cc1ccc(NC(=O)c2c(Cl)cccc2Cl)cc1)(NC1=CC(=O)C12CCCCC2)C(=O)O. The van der Waals surface area contributed by atoms with Crippen LogP contribution in [0.25, 0.3) is 0 Å². The van der Waals surface area contributed by atoms with Crippen LogP contribution in [0, 0.1) is 5.41 Å². The third kappa shape index (κ3) is 4.82. The van der Waals surface area contributed by atoms with Gasteiger partial charge in [-0.15, -0.1) is 0 Å². The van der Waals surface area contributed by atoms with Crippen molar-refractivity contribution in [2.75, 3.05) is 5.32 Å². The van der Waals surface area contributed by atoms with Gasteiger partial charge in [0, 0.05) is 23.9 Å². The smallest absolute Gasteiger partial charge is 0.329 e. The molecule has 2 aromatic rings. The van der Waals surface area contributed by atoms with Crippen LogP contribution < -0.4 is 10.6 Å². The van der Waals surface area contributed by atoms with Crippen molar-refractivity contribution in [2.24, 2.45) is 5.41 Å². The van der Waals surface area contributed by atoms with E-state index in [1.807, 2.05) is 6.92 Å². The van der Waals surface area contributed by atoms with Crippen molar-refractivity contribution in [3.05, 3.63) is 75.4 Å². The second-order valence-electron chi connectivity index (χ2n) is 9.36. The Morgan fingerprint density at radius 2 is 1.66 bits per heavy atom. The number of carboxylic acid groups (broad SMARTS) is 1. The average Bonchev–Trinajstić information content (AvgIpc) is 2.84. The Kier molecular flexibility index (Phi) is 7.25. The summed E-state index contributed by atoms with van der Waals surface area (Å²) in [5.74, 6) is -1.28. The summed E-state index contributed by atoms with van der Waals surface area (Å²) in [5.41, 5.74) is 0.495. The maximum atomic E-state index is 12.6. The molecule has 4 rings (SSSR count). The van der Waals surface area contributed by atoms with Gasteiger partial charge in [-0.2, -0.15) is 0 Å². The molecule has 2 aliphatic carbocycles. The first-order valence-corrected chi connectivity index (χ1v) is 12.6. The average molecular weight is 515 g/mol. The van der Waals surface area contributed by atoms with E-state index < -0.39 is 22.8 Å². The number of halogens is 2. The minimum atomic E-state index is -1.24. The zero-order chi connectivity index (χ0) is 25.2. The van der Waals surface area contributed by atoms with Gasteiger partial charge < -0.3 is 15.7 Å². The van der Waals surface area contributed by atoms with E-state index in [1.165, 1.54) is 0 Å². The van der Waals surface area contributed by atoms with Gasteiger partial charge >= 0.3 is 5.97 Å². The van der Waals surface area contributed by atoms with Crippen molar-refractivity contribution < 1.29 is 19.5 Å². The lowest BCUT2D eigenvalue weighted by Gasteiger charge is -2.46. The first-order valence-electron chi connectivity index (χ1n) is 11.8. The number of hydrogen-bond acceptors (Lipinski definition) is 4. The minimum absolute atomic E-state index is 0.105. The van der Waals surface area contributed by atoms with Crippen molar-refractivity contribution in [3.8, 4) is 0 Å². The van der Waals surface area contributed by atoms with E-state index in [1.54, 1.807) is 48.5 Å². The van der Waals surface area contributed by atoms with Crippen LogP contribution in [-0.2, 0) is 16.0 Å². The van der Waals surface area contributed by atoms with Crippen molar-refractivity contribution in [2.45, 2.75) is 57.4 Å². The number of carbonyl (C=O) groups excluding carboxylic acids is 2. The highest BCUT2D eigenvalue weighted by Crippen LogP contribution is 2.49. The predicted octanol–water partition coefficient (Wildman–Crippen LogP) is 6.03. The second-order valence-corrected chi connectivity index (χ2v) is 10.2. The molecule has 1 atom stereocenters. The maximum Gasteiger partial charge on any atom is 0.329 e. The summed E-state index contributed by atoms with van der Waals surface area (Å²) in [6.07, 6.45) is 6.73. The zero-order valence-corrected chi connectivity index (χ0v) is 21.0. The molecule has 1 fully saturated rings. The number of aliphatic carboxylic acids is 1. The lowest BCUT2D eigenvalue weighted by molar-refractivity contribution is -0.145. The molecule has 1 spiro atoms. The van der Waals surface area contributed by atoms with Crippen LogP contribution in [0.5, 0.6) is 0 Å². The highest BCUT2D eigenvalue weighted by atomic mass is 35.5. The first kappa shape index (κ1) is 25.3. The highest BCUT2D eigenvalue weighted by molar-refractivity contribution is 6.40. The Morgan fingerprint density at radius 1 is 1.03 bits per heavy atom. The first-order chi connectivity index (χ1) is 16.7. The summed E-state index contributed by atoms with van der Waals surface area (Å²) in [6.45, 7) is 1.83. The van der Waals surface area contributed by atoms with Crippen molar-refractivity contribution in [1.29, 1.82) is 0 Å². The summed E-state index contributed by atoms with van der Waals surface area (Å²) < 4.78 is 0. The van der Waals surface area contributed by atoms with Gasteiger partial charge in [-0.25, -0.2) is 4.79 Å². The fourth-order valence-electron chi connectivity index (χ4n) is 5.05. The molecule has 0 unspecified atom stereocenters. The van der Waals surface area contributed by atoms with Gasteiger partial charge in [-0.05, 0) is 49.1 Å². The summed E-state index contributed by atoms with van der Waals surface area (Å²) in [4.78, 5) is 37.6. The van der Waals surface area contributed by atoms with Crippen LogP contribution >= 0.6 is 23.2 Å². The molecule has 8 heteroatoms. The molecule has 6 nitrogen and oxygen atoms in total. The summed E-state index contributed by atoms with van der Waals surface area (Å²) in [7, 11) is 0. The molecular weight excluding hydrogens is 487 g/mol. The normalized spacial score (nSPS) is 18.3. The van der Waals surface area contributed by atoms with E-state index >= 15 is 0 Å². The van der Waals surface area contributed by atoms with Crippen LogP contribution in [0.4, 0.5) is 5.69 Å². The maximum absolute atomic E-state index is 12.6. The molecule has 0 heterocycles. The second kappa shape index (κ2) is 10.0. The molecule has 3 N–H and O–H groups in total. The van der Waals surface area contributed by atoms with Crippen LogP contribution in [0.2, 0.25) is 10.0 Å². The van der Waals surface area contributed by atoms with Crippen molar-refractivity contribution in [3.63, 3.8) is 0 Å². The Balaban J connectivity index is 1.50. The quantitative estimate of drug-likeness (QED) is 0.399. The Morgan fingerprint density at radius 3 is 2.20 bits per heavy atom. The Labute approximate surface area is 214 Å². The molecular formula is C27H28Cl2N2O4. The van der Waals surface area contributed by atoms with E-state index in [0.29, 0.717) is 12.1 Å². The van der Waals surface area contributed by atoms with Crippen LogP contribution in [0.3, 0.4) is 0 Å². The molecule has 1 saturated carbocycles. The number of carboxylic acids is 1. The number of ketones is 1. The number of allylic oxidation sites excluding steroid dienone is 2. The number of anilines is 1. The van der Waals surface area contributed by atoms with Gasteiger partial charge in [0.05, 0.1) is 21.0 Å². The predicted molar refractivity (Wildman–Crippen MR) is 137 cm³/mol. The molecule has 2 aromatic carbocycles. The van der Waals surface area contributed by atoms with Crippen LogP contribution in [-0.4, -0.2) is 28.3 Å². The third-order valence-electron chi connectivity index (χ3n) is 7.26. The number of nitrogens with one attached hydrogen (secondary N) is 2. The van der Waals surface area contributed by atoms with Gasteiger partial charge in [0.1, 0.15) is 5.54 Å². The molecule has 35 heavy (non-hydrogen) atoms. The fourth-order valence-corrected chi connectivity index (χ4v) is 5.62. The number of hydrogen-bond donors (Lipinski definition) is 3. The standard InChI is InChI=1S/C27H28Cl2N2O4/c1-2-27(25(34)35,31-21-15-22(32)26(21)13-4-3-5-14-26)16-17-9-11-18(12-10-17)30-24(33)23-19(28)7-6-8-20(23)29/h6-12,15,31H,2-5,13-14,16H2,1H3,(H,30,33)(H,34,35)/t27-/m0/s1. The summed E-state index contributed by atoms with van der Waals surface area (Å²) in [6, 6.07) is 11.9. The largest absolute Gasteiger partial charge is 0.479 e. The van der Waals surface area contributed by atoms with Gasteiger partial charge in [-0.3, -0.25) is 9.59 Å². The monoisotopic (exact) mass is 514 g/mol. The van der Waals surface area contributed by atoms with E-state index in [9.17, 15) is 19.5 Å². The van der Waals surface area contributed by atoms with E-state index in [0.717, 1.165) is 43.4 Å². The lowest BCUT2D eigenvalue weighted by Crippen LogP contribution is -2.59. The number of rotatable bonds is 8. The van der Waals surface area contributed by atoms with Gasteiger partial charge in [0.25, 0.3) is 5.91 Å². The minimum Gasteiger partial charge on any atom is -0.479 e. The number of benzene rings is 2. The lowest BCUT2D eigenvalue weighted by atomic mass is 9.62. The Bertz CT molecular complexity index is 1170. The molecule has 0 aromatic heterocycles. The summed E-state index contributed by atoms with van der Waals surface area (Å²) in [5, 5.41) is 16.8. The third-order valence-corrected chi connectivity index (χ3v) is 7.89. The molecule has 0 bridgehead atoms. The van der Waals surface area contributed by atoms with Crippen molar-refractivity contribution in [1.82, 2.24) is 5.32 Å². The molecule has 184 valence electrons. The molecule has 0 saturated heterocycles. The van der Waals surface area contributed by atoms with Gasteiger partial charge in [0.15, 0.2) is 5.78 Å². The molecule has 2 aliphatic rings. The zero-order valence-electron chi connectivity index (χ0n) is 19.5. The van der Waals surface area contributed by atoms with Gasteiger partial charge in [-0.1, -0.05) is 67.6 Å². The number of carbonyl (C=O) groups is 3. The fraction of sp³-hybridized carbons (Fsp3) is 0.370. The highest BCUT2D eigenvalue weighted by Gasteiger charge is 2.51.